The second kappa shape index (κ2) is 6.23. The molecule has 0 aliphatic carbocycles. The van der Waals surface area contributed by atoms with Gasteiger partial charge in [-0.3, -0.25) is 0 Å². The third-order valence-corrected chi connectivity index (χ3v) is 3.09. The predicted molar refractivity (Wildman–Crippen MR) is 80.6 cm³/mol. The van der Waals surface area contributed by atoms with E-state index in [9.17, 15) is 0 Å². The first-order valence-electron chi connectivity index (χ1n) is 6.67. The molecule has 0 amide bonds. The molecule has 106 valence electrons. The highest BCUT2D eigenvalue weighted by Crippen LogP contribution is 2.27. The van der Waals surface area contributed by atoms with Gasteiger partial charge in [-0.2, -0.15) is 0 Å². The van der Waals surface area contributed by atoms with E-state index in [0.29, 0.717) is 18.2 Å². The molecule has 0 aliphatic heterocycles. The highest BCUT2D eigenvalue weighted by Gasteiger charge is 2.15. The zero-order valence-electron chi connectivity index (χ0n) is 12.0. The zero-order chi connectivity index (χ0) is 14.5. The lowest BCUT2D eigenvalue weighted by Gasteiger charge is -2.06. The summed E-state index contributed by atoms with van der Waals surface area (Å²) in [5.74, 6) is 2.21. The number of anilines is 1. The van der Waals surface area contributed by atoms with Crippen LogP contribution in [0.5, 0.6) is 5.88 Å². The molecule has 2 rings (SSSR count). The number of hydrogen-bond donors (Lipinski definition) is 1. The molecule has 0 saturated heterocycles. The largest absolute Gasteiger partial charge is 0.481 e. The van der Waals surface area contributed by atoms with Crippen LogP contribution >= 0.6 is 0 Å². The van der Waals surface area contributed by atoms with E-state index < -0.39 is 0 Å². The van der Waals surface area contributed by atoms with Gasteiger partial charge in [0.25, 0.3) is 0 Å². The minimum atomic E-state index is 0.576. The van der Waals surface area contributed by atoms with Gasteiger partial charge >= 0.3 is 0 Å². The van der Waals surface area contributed by atoms with Crippen LogP contribution in [-0.4, -0.2) is 21.6 Å². The summed E-state index contributed by atoms with van der Waals surface area (Å²) in [7, 11) is 1.59. The summed E-state index contributed by atoms with van der Waals surface area (Å²) in [5.41, 5.74) is 7.88. The van der Waals surface area contributed by atoms with Crippen molar-refractivity contribution < 1.29 is 4.74 Å². The van der Waals surface area contributed by atoms with Gasteiger partial charge in [-0.15, -0.1) is 6.58 Å². The number of methoxy groups -OCH3 is 1. The molecule has 0 atom stereocenters. The van der Waals surface area contributed by atoms with Crippen LogP contribution < -0.4 is 10.5 Å². The summed E-state index contributed by atoms with van der Waals surface area (Å²) in [4.78, 5) is 8.85. The van der Waals surface area contributed by atoms with E-state index in [2.05, 4.69) is 23.5 Å². The summed E-state index contributed by atoms with van der Waals surface area (Å²) in [6, 6.07) is 3.72. The third-order valence-electron chi connectivity index (χ3n) is 3.09. The van der Waals surface area contributed by atoms with E-state index in [-0.39, 0.29) is 0 Å². The first-order valence-corrected chi connectivity index (χ1v) is 6.67. The molecule has 0 bridgehead atoms. The first-order chi connectivity index (χ1) is 9.71. The van der Waals surface area contributed by atoms with Gasteiger partial charge in [0, 0.05) is 30.8 Å². The van der Waals surface area contributed by atoms with Gasteiger partial charge in [-0.1, -0.05) is 13.0 Å². The third kappa shape index (κ3) is 2.66. The molecule has 0 fully saturated rings. The molecule has 0 saturated carbocycles. The minimum Gasteiger partial charge on any atom is -0.481 e. The Bertz CT molecular complexity index is 587. The van der Waals surface area contributed by atoms with E-state index in [4.69, 9.17) is 10.5 Å². The van der Waals surface area contributed by atoms with Crippen LogP contribution in [0.15, 0.2) is 31.0 Å². The Morgan fingerprint density at radius 3 is 2.80 bits per heavy atom. The normalized spacial score (nSPS) is 10.5. The number of aromatic nitrogens is 3. The molecule has 0 aromatic carbocycles. The maximum atomic E-state index is 6.22. The van der Waals surface area contributed by atoms with Crippen molar-refractivity contribution in [3.05, 3.63) is 36.8 Å². The van der Waals surface area contributed by atoms with Gasteiger partial charge < -0.3 is 15.0 Å². The maximum Gasteiger partial charge on any atom is 0.212 e. The van der Waals surface area contributed by atoms with Crippen molar-refractivity contribution in [2.75, 3.05) is 12.8 Å². The highest BCUT2D eigenvalue weighted by atomic mass is 16.5. The van der Waals surface area contributed by atoms with E-state index in [0.717, 1.165) is 29.9 Å². The molecule has 2 aromatic heterocycles. The number of aryl methyl sites for hydroxylation is 1. The van der Waals surface area contributed by atoms with Gasteiger partial charge in [0.1, 0.15) is 17.3 Å². The number of nitrogens with two attached hydrogens (primary N) is 1. The number of nitrogens with zero attached hydrogens (tertiary/aromatic N) is 3. The van der Waals surface area contributed by atoms with Crippen LogP contribution in [0, 0.1) is 0 Å². The van der Waals surface area contributed by atoms with Crippen LogP contribution in [0.2, 0.25) is 0 Å². The molecule has 0 aliphatic rings. The van der Waals surface area contributed by atoms with Gasteiger partial charge in [-0.05, 0) is 12.5 Å². The van der Waals surface area contributed by atoms with E-state index in [1.807, 2.05) is 16.7 Å². The lowest BCUT2D eigenvalue weighted by atomic mass is 10.2. The highest BCUT2D eigenvalue weighted by molar-refractivity contribution is 5.70. The number of pyridine rings is 1. The van der Waals surface area contributed by atoms with Crippen LogP contribution in [0.1, 0.15) is 19.2 Å². The standard InChI is InChI=1S/C15H20N4O/c1-4-6-12-18-14(15(16)19(12)9-5-2)11-7-8-13(20-3)17-10-11/h5,7-8,10H,2,4,6,9,16H2,1,3H3. The number of hydrogen-bond acceptors (Lipinski definition) is 4. The quantitative estimate of drug-likeness (QED) is 0.821. The van der Waals surface area contributed by atoms with Crippen LogP contribution in [-0.2, 0) is 13.0 Å². The summed E-state index contributed by atoms with van der Waals surface area (Å²) in [5, 5.41) is 0. The van der Waals surface area contributed by atoms with E-state index >= 15 is 0 Å². The molecule has 0 spiro atoms. The van der Waals surface area contributed by atoms with E-state index in [1.54, 1.807) is 19.4 Å². The van der Waals surface area contributed by atoms with Gasteiger partial charge in [0.15, 0.2) is 0 Å². The van der Waals surface area contributed by atoms with Crippen LogP contribution in [0.4, 0.5) is 5.82 Å². The Morgan fingerprint density at radius 1 is 1.45 bits per heavy atom. The monoisotopic (exact) mass is 272 g/mol. The molecular weight excluding hydrogens is 252 g/mol. The summed E-state index contributed by atoms with van der Waals surface area (Å²) in [6.07, 6.45) is 5.47. The summed E-state index contributed by atoms with van der Waals surface area (Å²) in [6.45, 7) is 6.56. The summed E-state index contributed by atoms with van der Waals surface area (Å²) < 4.78 is 7.06. The van der Waals surface area contributed by atoms with E-state index in [1.165, 1.54) is 0 Å². The number of rotatable bonds is 6. The van der Waals surface area contributed by atoms with Gasteiger partial charge in [0.2, 0.25) is 5.88 Å². The Kier molecular flexibility index (Phi) is 4.40. The average molecular weight is 272 g/mol. The topological polar surface area (TPSA) is 66.0 Å². The minimum absolute atomic E-state index is 0.576. The predicted octanol–water partition coefficient (Wildman–Crippen LogP) is 2.67. The number of ether oxygens (including phenoxy) is 1. The lowest BCUT2D eigenvalue weighted by Crippen LogP contribution is -2.05. The molecule has 2 aromatic rings. The Labute approximate surface area is 119 Å². The SMILES string of the molecule is C=CCn1c(CCC)nc(-c2ccc(OC)nc2)c1N. The molecular formula is C15H20N4O. The molecule has 2 heterocycles. The summed E-state index contributed by atoms with van der Waals surface area (Å²) >= 11 is 0. The molecule has 5 heteroatoms. The fourth-order valence-electron chi connectivity index (χ4n) is 2.11. The second-order valence-electron chi connectivity index (χ2n) is 4.50. The molecule has 2 N–H and O–H groups in total. The number of allylic oxidation sites excluding steroid dienone is 1. The Hall–Kier alpha value is -2.30. The zero-order valence-corrected chi connectivity index (χ0v) is 12.0. The van der Waals surface area contributed by atoms with Gasteiger partial charge in [0.05, 0.1) is 7.11 Å². The Balaban J connectivity index is 2.44. The van der Waals surface area contributed by atoms with Crippen LogP contribution in [0.3, 0.4) is 0 Å². The van der Waals surface area contributed by atoms with Gasteiger partial charge in [-0.25, -0.2) is 9.97 Å². The molecule has 0 radical (unpaired) electrons. The lowest BCUT2D eigenvalue weighted by molar-refractivity contribution is 0.398. The number of imidazole rings is 1. The first kappa shape index (κ1) is 14.1. The van der Waals surface area contributed by atoms with Crippen molar-refractivity contribution in [2.24, 2.45) is 0 Å². The smallest absolute Gasteiger partial charge is 0.212 e. The van der Waals surface area contributed by atoms with Crippen LogP contribution in [0.25, 0.3) is 11.3 Å². The van der Waals surface area contributed by atoms with Crippen molar-refractivity contribution >= 4 is 5.82 Å². The van der Waals surface area contributed by atoms with Crippen molar-refractivity contribution in [1.82, 2.24) is 14.5 Å². The maximum absolute atomic E-state index is 6.22. The van der Waals surface area contributed by atoms with Crippen molar-refractivity contribution in [3.8, 4) is 17.1 Å². The van der Waals surface area contributed by atoms with Crippen molar-refractivity contribution in [3.63, 3.8) is 0 Å². The molecule has 5 nitrogen and oxygen atoms in total. The molecule has 20 heavy (non-hydrogen) atoms. The second-order valence-corrected chi connectivity index (χ2v) is 4.50. The van der Waals surface area contributed by atoms with Crippen molar-refractivity contribution in [2.45, 2.75) is 26.3 Å². The average Bonchev–Trinajstić information content (AvgIpc) is 2.77. The number of nitrogen functional groups attached to an aromatic ring is 1. The fourth-order valence-corrected chi connectivity index (χ4v) is 2.11. The molecule has 0 unspecified atom stereocenters. The fraction of sp³-hybridized carbons (Fsp3) is 0.333. The Morgan fingerprint density at radius 2 is 2.25 bits per heavy atom. The van der Waals surface area contributed by atoms with Crippen molar-refractivity contribution in [1.29, 1.82) is 0 Å².